The van der Waals surface area contributed by atoms with Gasteiger partial charge >= 0.3 is 0 Å². The number of amides is 1. The van der Waals surface area contributed by atoms with Crippen LogP contribution in [-0.2, 0) is 14.8 Å². The first-order valence-electron chi connectivity index (χ1n) is 11.2. The van der Waals surface area contributed by atoms with Gasteiger partial charge in [0.2, 0.25) is 15.9 Å². The maximum Gasteiger partial charge on any atom is 0.243 e. The van der Waals surface area contributed by atoms with Crippen LogP contribution in [0.5, 0.6) is 0 Å². The van der Waals surface area contributed by atoms with Gasteiger partial charge < -0.3 is 10.2 Å². The molecular weight excluding hydrogens is 400 g/mol. The van der Waals surface area contributed by atoms with Crippen LogP contribution in [-0.4, -0.2) is 86.8 Å². The first kappa shape index (κ1) is 23.2. The van der Waals surface area contributed by atoms with Crippen molar-refractivity contribution in [3.63, 3.8) is 0 Å². The Labute approximate surface area is 181 Å². The quantitative estimate of drug-likeness (QED) is 0.671. The normalized spacial score (nSPS) is 21.2. The molecule has 2 heterocycles. The molecule has 7 nitrogen and oxygen atoms in total. The zero-order valence-electron chi connectivity index (χ0n) is 18.3. The Morgan fingerprint density at radius 1 is 1.10 bits per heavy atom. The maximum absolute atomic E-state index is 13.4. The monoisotopic (exact) mass is 436 g/mol. The van der Waals surface area contributed by atoms with Gasteiger partial charge in [0.15, 0.2) is 0 Å². The second kappa shape index (κ2) is 10.7. The van der Waals surface area contributed by atoms with Crippen LogP contribution >= 0.6 is 0 Å². The molecule has 0 radical (unpaired) electrons. The number of carbonyl (C=O) groups is 1. The summed E-state index contributed by atoms with van der Waals surface area (Å²) in [4.78, 5) is 17.1. The highest BCUT2D eigenvalue weighted by Crippen LogP contribution is 2.20. The van der Waals surface area contributed by atoms with Gasteiger partial charge in [-0.05, 0) is 45.4 Å². The number of rotatable bonds is 8. The zero-order chi connectivity index (χ0) is 21.6. The smallest absolute Gasteiger partial charge is 0.243 e. The minimum Gasteiger partial charge on any atom is -0.340 e. The summed E-state index contributed by atoms with van der Waals surface area (Å²) in [6.45, 7) is 9.48. The van der Waals surface area contributed by atoms with E-state index >= 15 is 0 Å². The van der Waals surface area contributed by atoms with E-state index in [-0.39, 0.29) is 18.9 Å². The zero-order valence-corrected chi connectivity index (χ0v) is 19.2. The lowest BCUT2D eigenvalue weighted by molar-refractivity contribution is -0.131. The minimum atomic E-state index is -3.64. The molecule has 8 heteroatoms. The van der Waals surface area contributed by atoms with Crippen molar-refractivity contribution >= 4 is 15.9 Å². The lowest BCUT2D eigenvalue weighted by Crippen LogP contribution is -2.48. The Morgan fingerprint density at radius 2 is 1.80 bits per heavy atom. The molecule has 1 atom stereocenters. The fourth-order valence-electron chi connectivity index (χ4n) is 4.23. The fourth-order valence-corrected chi connectivity index (χ4v) is 5.67. The molecule has 1 N–H and O–H groups in total. The first-order valence-corrected chi connectivity index (χ1v) is 12.6. The van der Waals surface area contributed by atoms with Gasteiger partial charge in [-0.3, -0.25) is 9.69 Å². The number of piperidine rings is 1. The van der Waals surface area contributed by atoms with Crippen LogP contribution in [0.4, 0.5) is 0 Å². The van der Waals surface area contributed by atoms with Crippen molar-refractivity contribution in [1.29, 1.82) is 0 Å². The number of piperazine rings is 1. The highest BCUT2D eigenvalue weighted by molar-refractivity contribution is 7.89. The molecule has 0 unspecified atom stereocenters. The average Bonchev–Trinajstić information content (AvgIpc) is 2.75. The van der Waals surface area contributed by atoms with Crippen molar-refractivity contribution < 1.29 is 13.2 Å². The molecule has 1 amide bonds. The van der Waals surface area contributed by atoms with Gasteiger partial charge in [0, 0.05) is 58.3 Å². The number of sulfonamides is 1. The number of nitrogens with zero attached hydrogens (tertiary/aromatic N) is 3. The summed E-state index contributed by atoms with van der Waals surface area (Å²) in [6, 6.07) is 7.46. The number of nitrogens with one attached hydrogen (secondary N) is 1. The molecule has 30 heavy (non-hydrogen) atoms. The Morgan fingerprint density at radius 3 is 2.47 bits per heavy atom. The molecule has 0 spiro atoms. The number of carbonyl (C=O) groups excluding carboxylic acids is 1. The summed E-state index contributed by atoms with van der Waals surface area (Å²) in [5, 5.41) is 3.24. The van der Waals surface area contributed by atoms with Gasteiger partial charge in [-0.15, -0.1) is 0 Å². The van der Waals surface area contributed by atoms with Crippen molar-refractivity contribution in [2.45, 2.75) is 50.5 Å². The third-order valence-electron chi connectivity index (χ3n) is 6.28. The Balaban J connectivity index is 1.69. The van der Waals surface area contributed by atoms with Crippen molar-refractivity contribution in [2.75, 3.05) is 52.4 Å². The summed E-state index contributed by atoms with van der Waals surface area (Å²) in [5.41, 5.74) is 1.02. The van der Waals surface area contributed by atoms with E-state index < -0.39 is 10.0 Å². The molecule has 2 aliphatic rings. The fraction of sp³-hybridized carbons (Fsp3) is 0.682. The third-order valence-corrected chi connectivity index (χ3v) is 8.19. The topological polar surface area (TPSA) is 73.0 Å². The van der Waals surface area contributed by atoms with Crippen LogP contribution < -0.4 is 5.32 Å². The number of likely N-dealkylation sites (tertiary alicyclic amines) is 1. The SMILES string of the molecule is Cc1ccc(S(=O)(=O)N(CCC(=O)N2CCNCC2)CCN2CCCC[C@@H]2C)cc1. The van der Waals surface area contributed by atoms with Gasteiger partial charge in [-0.1, -0.05) is 24.1 Å². The number of hydrogen-bond donors (Lipinski definition) is 1. The molecule has 2 saturated heterocycles. The summed E-state index contributed by atoms with van der Waals surface area (Å²) in [5.74, 6) is 0.0342. The first-order chi connectivity index (χ1) is 14.4. The van der Waals surface area contributed by atoms with Gasteiger partial charge in [0.25, 0.3) is 0 Å². The molecule has 168 valence electrons. The Kier molecular flexibility index (Phi) is 8.27. The van der Waals surface area contributed by atoms with Gasteiger partial charge in [0.1, 0.15) is 0 Å². The minimum absolute atomic E-state index is 0.0342. The second-order valence-electron chi connectivity index (χ2n) is 8.48. The van der Waals surface area contributed by atoms with E-state index in [1.165, 1.54) is 10.7 Å². The van der Waals surface area contributed by atoms with Crippen molar-refractivity contribution in [2.24, 2.45) is 0 Å². The summed E-state index contributed by atoms with van der Waals surface area (Å²) >= 11 is 0. The number of benzene rings is 1. The standard InChI is InChI=1S/C22H36N4O3S/c1-19-6-8-21(9-7-19)30(28,29)26(18-17-24-13-4-3-5-20(24)2)14-10-22(27)25-15-11-23-12-16-25/h6-9,20,23H,3-5,10-18H2,1-2H3/t20-/m0/s1. The predicted molar refractivity (Wildman–Crippen MR) is 119 cm³/mol. The van der Waals surface area contributed by atoms with E-state index in [0.717, 1.165) is 38.0 Å². The maximum atomic E-state index is 13.4. The van der Waals surface area contributed by atoms with Crippen LogP contribution in [0, 0.1) is 6.92 Å². The van der Waals surface area contributed by atoms with E-state index in [9.17, 15) is 13.2 Å². The lowest BCUT2D eigenvalue weighted by Gasteiger charge is -2.35. The van der Waals surface area contributed by atoms with Crippen LogP contribution in [0.1, 0.15) is 38.2 Å². The van der Waals surface area contributed by atoms with Crippen molar-refractivity contribution in [3.8, 4) is 0 Å². The van der Waals surface area contributed by atoms with Gasteiger partial charge in [-0.25, -0.2) is 8.42 Å². The van der Waals surface area contributed by atoms with E-state index in [1.807, 2.05) is 24.0 Å². The average molecular weight is 437 g/mol. The number of aryl methyl sites for hydroxylation is 1. The van der Waals surface area contributed by atoms with E-state index in [1.54, 1.807) is 12.1 Å². The van der Waals surface area contributed by atoms with E-state index in [2.05, 4.69) is 17.1 Å². The molecule has 0 bridgehead atoms. The van der Waals surface area contributed by atoms with Gasteiger partial charge in [0.05, 0.1) is 4.90 Å². The Hall–Kier alpha value is -1.48. The predicted octanol–water partition coefficient (Wildman–Crippen LogP) is 1.68. The molecule has 1 aromatic rings. The van der Waals surface area contributed by atoms with Crippen LogP contribution in [0.15, 0.2) is 29.2 Å². The number of hydrogen-bond acceptors (Lipinski definition) is 5. The molecule has 0 aromatic heterocycles. The molecular formula is C22H36N4O3S. The van der Waals surface area contributed by atoms with Gasteiger partial charge in [-0.2, -0.15) is 4.31 Å². The summed E-state index contributed by atoms with van der Waals surface area (Å²) in [7, 11) is -3.64. The second-order valence-corrected chi connectivity index (χ2v) is 10.4. The lowest BCUT2D eigenvalue weighted by atomic mass is 10.0. The van der Waals surface area contributed by atoms with Crippen molar-refractivity contribution in [3.05, 3.63) is 29.8 Å². The third kappa shape index (κ3) is 6.03. The van der Waals surface area contributed by atoms with Crippen LogP contribution in [0.3, 0.4) is 0 Å². The molecule has 3 rings (SSSR count). The highest BCUT2D eigenvalue weighted by atomic mass is 32.2. The summed E-state index contributed by atoms with van der Waals surface area (Å²) in [6.07, 6.45) is 3.78. The summed E-state index contributed by atoms with van der Waals surface area (Å²) < 4.78 is 28.2. The molecule has 1 aromatic carbocycles. The van der Waals surface area contributed by atoms with Crippen molar-refractivity contribution in [1.82, 2.24) is 19.4 Å². The Bertz CT molecular complexity index is 791. The molecule has 0 saturated carbocycles. The largest absolute Gasteiger partial charge is 0.340 e. The van der Waals surface area contributed by atoms with Crippen LogP contribution in [0.2, 0.25) is 0 Å². The molecule has 2 aliphatic heterocycles. The van der Waals surface area contributed by atoms with Crippen LogP contribution in [0.25, 0.3) is 0 Å². The molecule has 0 aliphatic carbocycles. The molecule has 2 fully saturated rings. The highest BCUT2D eigenvalue weighted by Gasteiger charge is 2.28. The van der Waals surface area contributed by atoms with E-state index in [4.69, 9.17) is 0 Å². The van der Waals surface area contributed by atoms with E-state index in [0.29, 0.717) is 37.1 Å².